The fourth-order valence-corrected chi connectivity index (χ4v) is 1.61. The zero-order valence-electron chi connectivity index (χ0n) is 7.74. The molecule has 3 nitrogen and oxygen atoms in total. The lowest BCUT2D eigenvalue weighted by molar-refractivity contribution is 0.124. The van der Waals surface area contributed by atoms with Crippen LogP contribution in [0.15, 0.2) is 23.1 Å². The Kier molecular flexibility index (Phi) is 4.08. The van der Waals surface area contributed by atoms with Crippen LogP contribution in [-0.2, 0) is 11.4 Å². The number of thioether (sulfide) groups is 1. The van der Waals surface area contributed by atoms with Gasteiger partial charge in [0.05, 0.1) is 13.7 Å². The molecule has 1 rings (SSSR count). The van der Waals surface area contributed by atoms with Gasteiger partial charge in [0.2, 0.25) is 0 Å². The zero-order chi connectivity index (χ0) is 9.68. The number of hydrogen-bond donors (Lipinski definition) is 1. The fraction of sp³-hybridized carbons (Fsp3) is 0.333. The van der Waals surface area contributed by atoms with E-state index in [1.54, 1.807) is 18.9 Å². The highest BCUT2D eigenvalue weighted by molar-refractivity contribution is 7.98. The minimum atomic E-state index is 0.408. The zero-order valence-corrected chi connectivity index (χ0v) is 8.56. The number of ether oxygens (including phenoxy) is 1. The van der Waals surface area contributed by atoms with E-state index in [0.717, 1.165) is 16.2 Å². The lowest BCUT2D eigenvalue weighted by Crippen LogP contribution is -1.99. The third-order valence-corrected chi connectivity index (χ3v) is 2.48. The quantitative estimate of drug-likeness (QED) is 0.593. The highest BCUT2D eigenvalue weighted by atomic mass is 32.2. The summed E-state index contributed by atoms with van der Waals surface area (Å²) in [6.45, 7) is 0.408. The van der Waals surface area contributed by atoms with Crippen LogP contribution in [0.1, 0.15) is 5.56 Å². The Morgan fingerprint density at radius 2 is 2.23 bits per heavy atom. The Morgan fingerprint density at radius 3 is 2.77 bits per heavy atom. The van der Waals surface area contributed by atoms with Crippen LogP contribution in [0, 0.1) is 0 Å². The summed E-state index contributed by atoms with van der Waals surface area (Å²) in [7, 11) is 1.65. The van der Waals surface area contributed by atoms with Crippen molar-refractivity contribution in [3.63, 3.8) is 0 Å². The lowest BCUT2D eigenvalue weighted by atomic mass is 10.2. The topological polar surface area (TPSA) is 44.5 Å². The van der Waals surface area contributed by atoms with Crippen LogP contribution < -0.4 is 10.6 Å². The van der Waals surface area contributed by atoms with Gasteiger partial charge in [-0.2, -0.15) is 0 Å². The van der Waals surface area contributed by atoms with Gasteiger partial charge in [0.25, 0.3) is 0 Å². The number of nitrogens with two attached hydrogens (primary N) is 1. The van der Waals surface area contributed by atoms with Crippen LogP contribution in [0.5, 0.6) is 5.75 Å². The van der Waals surface area contributed by atoms with E-state index in [0.29, 0.717) is 6.61 Å². The van der Waals surface area contributed by atoms with Gasteiger partial charge in [-0.25, -0.2) is 5.90 Å². The smallest absolute Gasteiger partial charge is 0.132 e. The Labute approximate surface area is 82.2 Å². The van der Waals surface area contributed by atoms with Gasteiger partial charge in [0.15, 0.2) is 0 Å². The molecule has 1 aromatic rings. The van der Waals surface area contributed by atoms with E-state index in [2.05, 4.69) is 4.84 Å². The van der Waals surface area contributed by atoms with Crippen LogP contribution in [-0.4, -0.2) is 13.4 Å². The second kappa shape index (κ2) is 5.11. The first-order valence-electron chi connectivity index (χ1n) is 3.84. The minimum Gasteiger partial charge on any atom is -0.496 e. The molecule has 0 aliphatic heterocycles. The standard InChI is InChI=1S/C9H13NO2S/c1-11-8-5-7(6-12-10)3-4-9(8)13-2/h3-5H,6,10H2,1-2H3. The highest BCUT2D eigenvalue weighted by Gasteiger charge is 2.02. The summed E-state index contributed by atoms with van der Waals surface area (Å²) in [6, 6.07) is 5.90. The maximum absolute atomic E-state index is 5.21. The first-order valence-corrected chi connectivity index (χ1v) is 5.07. The van der Waals surface area contributed by atoms with Gasteiger partial charge < -0.3 is 4.74 Å². The average molecular weight is 199 g/mol. The number of hydrogen-bond acceptors (Lipinski definition) is 4. The molecule has 72 valence electrons. The maximum atomic E-state index is 5.21. The van der Waals surface area contributed by atoms with Crippen LogP contribution in [0.4, 0.5) is 0 Å². The minimum absolute atomic E-state index is 0.408. The van der Waals surface area contributed by atoms with E-state index < -0.39 is 0 Å². The van der Waals surface area contributed by atoms with Crippen molar-refractivity contribution in [2.45, 2.75) is 11.5 Å². The summed E-state index contributed by atoms with van der Waals surface area (Å²) in [4.78, 5) is 5.65. The molecule has 0 fully saturated rings. The molecular formula is C9H13NO2S. The maximum Gasteiger partial charge on any atom is 0.132 e. The molecule has 0 saturated carbocycles. The summed E-state index contributed by atoms with van der Waals surface area (Å²) < 4.78 is 5.21. The van der Waals surface area contributed by atoms with E-state index in [4.69, 9.17) is 10.6 Å². The van der Waals surface area contributed by atoms with Crippen molar-refractivity contribution in [3.05, 3.63) is 23.8 Å². The molecule has 0 unspecified atom stereocenters. The molecule has 0 amide bonds. The Hall–Kier alpha value is -0.710. The summed E-state index contributed by atoms with van der Waals surface area (Å²) in [6.07, 6.45) is 2.01. The van der Waals surface area contributed by atoms with Gasteiger partial charge in [-0.15, -0.1) is 11.8 Å². The molecule has 0 saturated heterocycles. The molecule has 13 heavy (non-hydrogen) atoms. The molecule has 0 radical (unpaired) electrons. The Bertz CT molecular complexity index is 278. The lowest BCUT2D eigenvalue weighted by Gasteiger charge is -2.07. The molecule has 0 aliphatic rings. The Morgan fingerprint density at radius 1 is 1.46 bits per heavy atom. The normalized spacial score (nSPS) is 10.1. The summed E-state index contributed by atoms with van der Waals surface area (Å²) >= 11 is 1.65. The molecule has 0 atom stereocenters. The van der Waals surface area contributed by atoms with Crippen molar-refractivity contribution in [3.8, 4) is 5.75 Å². The number of benzene rings is 1. The second-order valence-electron chi connectivity index (χ2n) is 2.50. The monoisotopic (exact) mass is 199 g/mol. The van der Waals surface area contributed by atoms with Crippen LogP contribution in [0.2, 0.25) is 0 Å². The van der Waals surface area contributed by atoms with Crippen molar-refractivity contribution in [1.29, 1.82) is 0 Å². The van der Waals surface area contributed by atoms with Crippen molar-refractivity contribution < 1.29 is 9.57 Å². The number of methoxy groups -OCH3 is 1. The largest absolute Gasteiger partial charge is 0.496 e. The summed E-state index contributed by atoms with van der Waals surface area (Å²) in [5, 5.41) is 0. The van der Waals surface area contributed by atoms with E-state index in [9.17, 15) is 0 Å². The predicted molar refractivity (Wildman–Crippen MR) is 53.8 cm³/mol. The average Bonchev–Trinajstić information content (AvgIpc) is 2.18. The third kappa shape index (κ3) is 2.62. The molecular weight excluding hydrogens is 186 g/mol. The molecule has 2 N–H and O–H groups in total. The molecule has 0 spiro atoms. The molecule has 1 aromatic carbocycles. The van der Waals surface area contributed by atoms with Crippen LogP contribution in [0.25, 0.3) is 0 Å². The predicted octanol–water partition coefficient (Wildman–Crippen LogP) is 1.81. The second-order valence-corrected chi connectivity index (χ2v) is 3.35. The first kappa shape index (κ1) is 10.4. The van der Waals surface area contributed by atoms with Crippen molar-refractivity contribution >= 4 is 11.8 Å². The highest BCUT2D eigenvalue weighted by Crippen LogP contribution is 2.28. The first-order chi connectivity index (χ1) is 6.31. The van der Waals surface area contributed by atoms with E-state index in [1.807, 2.05) is 24.5 Å². The van der Waals surface area contributed by atoms with Gasteiger partial charge >= 0.3 is 0 Å². The van der Waals surface area contributed by atoms with E-state index >= 15 is 0 Å². The van der Waals surface area contributed by atoms with E-state index in [-0.39, 0.29) is 0 Å². The summed E-state index contributed by atoms with van der Waals surface area (Å²) in [5.74, 6) is 5.84. The number of rotatable bonds is 4. The van der Waals surface area contributed by atoms with Gasteiger partial charge in [-0.3, -0.25) is 4.84 Å². The van der Waals surface area contributed by atoms with Gasteiger partial charge in [0, 0.05) is 4.90 Å². The molecule has 0 aromatic heterocycles. The van der Waals surface area contributed by atoms with Crippen molar-refractivity contribution in [2.75, 3.05) is 13.4 Å². The van der Waals surface area contributed by atoms with Gasteiger partial charge in [-0.05, 0) is 24.0 Å². The van der Waals surface area contributed by atoms with Gasteiger partial charge in [0.1, 0.15) is 5.75 Å². The molecule has 4 heteroatoms. The summed E-state index contributed by atoms with van der Waals surface area (Å²) in [5.41, 5.74) is 1.01. The molecule has 0 heterocycles. The van der Waals surface area contributed by atoms with Crippen molar-refractivity contribution in [2.24, 2.45) is 5.90 Å². The fourth-order valence-electron chi connectivity index (χ4n) is 1.07. The Balaban J connectivity index is 2.91. The SMILES string of the molecule is COc1cc(CON)ccc1SC. The van der Waals surface area contributed by atoms with E-state index in [1.165, 1.54) is 0 Å². The van der Waals surface area contributed by atoms with Crippen LogP contribution in [0.3, 0.4) is 0 Å². The van der Waals surface area contributed by atoms with Crippen LogP contribution >= 0.6 is 11.8 Å². The van der Waals surface area contributed by atoms with Crippen molar-refractivity contribution in [1.82, 2.24) is 0 Å². The van der Waals surface area contributed by atoms with Gasteiger partial charge in [-0.1, -0.05) is 6.07 Å². The molecule has 0 aliphatic carbocycles. The third-order valence-electron chi connectivity index (χ3n) is 1.70. The molecule has 0 bridgehead atoms.